The van der Waals surface area contributed by atoms with Gasteiger partial charge in [-0.2, -0.15) is 0 Å². The molecule has 2 spiro atoms. The molecular weight excluding hydrogens is 238 g/mol. The van der Waals surface area contributed by atoms with Gasteiger partial charge in [-0.15, -0.1) is 0 Å². The van der Waals surface area contributed by atoms with Crippen LogP contribution >= 0.6 is 0 Å². The van der Waals surface area contributed by atoms with Gasteiger partial charge in [-0.25, -0.2) is 0 Å². The van der Waals surface area contributed by atoms with Crippen molar-refractivity contribution in [1.82, 2.24) is 5.32 Å². The molecule has 1 aromatic rings. The van der Waals surface area contributed by atoms with Gasteiger partial charge in [0.1, 0.15) is 0 Å². The SMILES string of the molecule is NC(=O)C1CC2(C=Nc3ccccc32)C2(CCC2)N1. The maximum absolute atomic E-state index is 11.6. The molecule has 2 fully saturated rings. The van der Waals surface area contributed by atoms with Crippen molar-refractivity contribution >= 4 is 17.8 Å². The molecule has 4 rings (SSSR count). The first-order valence-corrected chi connectivity index (χ1v) is 6.89. The lowest BCUT2D eigenvalue weighted by molar-refractivity contribution is -0.120. The monoisotopic (exact) mass is 255 g/mol. The second-order valence-electron chi connectivity index (χ2n) is 5.99. The molecule has 2 atom stereocenters. The van der Waals surface area contributed by atoms with Crippen molar-refractivity contribution in [3.63, 3.8) is 0 Å². The summed E-state index contributed by atoms with van der Waals surface area (Å²) in [5, 5.41) is 3.51. The van der Waals surface area contributed by atoms with Gasteiger partial charge in [-0.05, 0) is 37.3 Å². The van der Waals surface area contributed by atoms with Crippen LogP contribution in [0.4, 0.5) is 5.69 Å². The van der Waals surface area contributed by atoms with Crippen molar-refractivity contribution in [2.75, 3.05) is 0 Å². The minimum Gasteiger partial charge on any atom is -0.368 e. The fourth-order valence-electron chi connectivity index (χ4n) is 4.08. The van der Waals surface area contributed by atoms with Crippen LogP contribution in [-0.2, 0) is 10.2 Å². The van der Waals surface area contributed by atoms with E-state index >= 15 is 0 Å². The van der Waals surface area contributed by atoms with E-state index < -0.39 is 0 Å². The summed E-state index contributed by atoms with van der Waals surface area (Å²) in [6, 6.07) is 8.02. The van der Waals surface area contributed by atoms with Crippen LogP contribution in [0.15, 0.2) is 29.3 Å². The maximum atomic E-state index is 11.6. The van der Waals surface area contributed by atoms with Crippen LogP contribution in [-0.4, -0.2) is 23.7 Å². The number of hydrogen-bond donors (Lipinski definition) is 2. The highest BCUT2D eigenvalue weighted by Gasteiger charge is 2.63. The van der Waals surface area contributed by atoms with Crippen molar-refractivity contribution in [3.8, 4) is 0 Å². The van der Waals surface area contributed by atoms with E-state index in [1.165, 1.54) is 12.0 Å². The van der Waals surface area contributed by atoms with Gasteiger partial charge in [0.05, 0.1) is 17.1 Å². The Morgan fingerprint density at radius 2 is 2.16 bits per heavy atom. The van der Waals surface area contributed by atoms with E-state index in [4.69, 9.17) is 5.73 Å². The molecule has 0 aromatic heterocycles. The summed E-state index contributed by atoms with van der Waals surface area (Å²) in [7, 11) is 0. The minimum absolute atomic E-state index is 0.0111. The van der Waals surface area contributed by atoms with E-state index in [1.54, 1.807) is 0 Å². The number of rotatable bonds is 1. The van der Waals surface area contributed by atoms with Crippen LogP contribution in [0.25, 0.3) is 0 Å². The first-order valence-electron chi connectivity index (χ1n) is 6.89. The first kappa shape index (κ1) is 11.2. The average molecular weight is 255 g/mol. The third-order valence-electron chi connectivity index (χ3n) is 5.19. The lowest BCUT2D eigenvalue weighted by Gasteiger charge is -2.49. The number of nitrogens with zero attached hydrogens (tertiary/aromatic N) is 1. The summed E-state index contributed by atoms with van der Waals surface area (Å²) < 4.78 is 0. The molecule has 4 nitrogen and oxygen atoms in total. The average Bonchev–Trinajstić information content (AvgIpc) is 2.91. The highest BCUT2D eigenvalue weighted by molar-refractivity contribution is 5.91. The van der Waals surface area contributed by atoms with Gasteiger partial charge in [-0.1, -0.05) is 18.2 Å². The van der Waals surface area contributed by atoms with Crippen LogP contribution < -0.4 is 11.1 Å². The van der Waals surface area contributed by atoms with Crippen LogP contribution in [0.3, 0.4) is 0 Å². The number of fused-ring (bicyclic) bond motifs is 3. The molecule has 1 saturated carbocycles. The number of carbonyl (C=O) groups is 1. The third kappa shape index (κ3) is 1.22. The molecule has 2 heterocycles. The van der Waals surface area contributed by atoms with Crippen LogP contribution in [0.2, 0.25) is 0 Å². The molecule has 1 saturated heterocycles. The molecule has 3 aliphatic rings. The van der Waals surface area contributed by atoms with E-state index in [-0.39, 0.29) is 22.9 Å². The number of carbonyl (C=O) groups excluding carboxylic acids is 1. The van der Waals surface area contributed by atoms with Gasteiger partial charge in [0.25, 0.3) is 0 Å². The van der Waals surface area contributed by atoms with Crippen LogP contribution in [0.1, 0.15) is 31.2 Å². The molecule has 1 aliphatic carbocycles. The number of primary amides is 1. The number of nitrogens with one attached hydrogen (secondary N) is 1. The predicted molar refractivity (Wildman–Crippen MR) is 73.6 cm³/mol. The second kappa shape index (κ2) is 3.45. The maximum Gasteiger partial charge on any atom is 0.234 e. The van der Waals surface area contributed by atoms with Gasteiger partial charge in [0.2, 0.25) is 5.91 Å². The van der Waals surface area contributed by atoms with E-state index in [1.807, 2.05) is 12.1 Å². The summed E-state index contributed by atoms with van der Waals surface area (Å²) in [6.07, 6.45) is 6.19. The summed E-state index contributed by atoms with van der Waals surface area (Å²) in [5.74, 6) is -0.249. The van der Waals surface area contributed by atoms with E-state index in [0.29, 0.717) is 0 Å². The van der Waals surface area contributed by atoms with Crippen molar-refractivity contribution in [2.24, 2.45) is 10.7 Å². The Bertz CT molecular complexity index is 591. The summed E-state index contributed by atoms with van der Waals surface area (Å²) in [5.41, 5.74) is 7.67. The Balaban J connectivity index is 1.86. The van der Waals surface area contributed by atoms with Gasteiger partial charge < -0.3 is 5.73 Å². The standard InChI is InChI=1S/C15H17N3O/c16-13(19)12-8-14(15(18-12)6-3-7-15)9-17-11-5-2-1-4-10(11)14/h1-2,4-5,9,12,18H,3,6-8H2,(H2,16,19). The molecule has 2 aliphatic heterocycles. The Kier molecular flexibility index (Phi) is 2.03. The molecule has 1 amide bonds. The zero-order valence-electron chi connectivity index (χ0n) is 10.7. The Hall–Kier alpha value is -1.68. The predicted octanol–water partition coefficient (Wildman–Crippen LogP) is 1.41. The van der Waals surface area contributed by atoms with Crippen molar-refractivity contribution in [1.29, 1.82) is 0 Å². The fourth-order valence-corrected chi connectivity index (χ4v) is 4.08. The second-order valence-corrected chi connectivity index (χ2v) is 5.99. The summed E-state index contributed by atoms with van der Waals surface area (Å²) >= 11 is 0. The topological polar surface area (TPSA) is 67.5 Å². The Labute approximate surface area is 112 Å². The highest BCUT2D eigenvalue weighted by Crippen LogP contribution is 2.57. The quantitative estimate of drug-likeness (QED) is 0.796. The first-order chi connectivity index (χ1) is 9.17. The minimum atomic E-state index is -0.249. The lowest BCUT2D eigenvalue weighted by Crippen LogP contribution is -2.60. The molecule has 98 valence electrons. The zero-order valence-corrected chi connectivity index (χ0v) is 10.7. The lowest BCUT2D eigenvalue weighted by atomic mass is 9.58. The van der Waals surface area contributed by atoms with Crippen LogP contribution in [0, 0.1) is 0 Å². The number of amides is 1. The number of benzene rings is 1. The van der Waals surface area contributed by atoms with Gasteiger partial charge in [-0.3, -0.25) is 15.1 Å². The van der Waals surface area contributed by atoms with Gasteiger partial charge in [0, 0.05) is 11.8 Å². The number of hydrogen-bond acceptors (Lipinski definition) is 3. The molecule has 0 radical (unpaired) electrons. The smallest absolute Gasteiger partial charge is 0.234 e. The molecule has 4 heteroatoms. The van der Waals surface area contributed by atoms with E-state index in [0.717, 1.165) is 24.9 Å². The number of para-hydroxylation sites is 1. The third-order valence-corrected chi connectivity index (χ3v) is 5.19. The van der Waals surface area contributed by atoms with Gasteiger partial charge in [0.15, 0.2) is 0 Å². The van der Waals surface area contributed by atoms with Crippen molar-refractivity contribution in [3.05, 3.63) is 29.8 Å². The molecule has 1 aromatic carbocycles. The normalized spacial score (nSPS) is 33.6. The summed E-state index contributed by atoms with van der Waals surface area (Å²) in [6.45, 7) is 0. The number of aliphatic imine (C=N–C) groups is 1. The molecule has 3 N–H and O–H groups in total. The largest absolute Gasteiger partial charge is 0.368 e. The van der Waals surface area contributed by atoms with E-state index in [2.05, 4.69) is 28.7 Å². The number of nitrogens with two attached hydrogens (primary N) is 1. The van der Waals surface area contributed by atoms with Gasteiger partial charge >= 0.3 is 0 Å². The molecule has 0 bridgehead atoms. The van der Waals surface area contributed by atoms with Crippen molar-refractivity contribution in [2.45, 2.75) is 42.7 Å². The molecular formula is C15H17N3O. The zero-order chi connectivity index (χ0) is 13.1. The Morgan fingerprint density at radius 3 is 2.84 bits per heavy atom. The molecule has 19 heavy (non-hydrogen) atoms. The highest BCUT2D eigenvalue weighted by atomic mass is 16.1. The summed E-state index contributed by atoms with van der Waals surface area (Å²) in [4.78, 5) is 16.2. The fraction of sp³-hybridized carbons (Fsp3) is 0.467. The van der Waals surface area contributed by atoms with Crippen LogP contribution in [0.5, 0.6) is 0 Å². The van der Waals surface area contributed by atoms with Crippen molar-refractivity contribution < 1.29 is 4.79 Å². The van der Waals surface area contributed by atoms with E-state index in [9.17, 15) is 4.79 Å². The Morgan fingerprint density at radius 1 is 1.37 bits per heavy atom. The molecule has 2 unspecified atom stereocenters.